The molecule has 1 aromatic carbocycles. The van der Waals surface area contributed by atoms with E-state index < -0.39 is 0 Å². The first-order valence-corrected chi connectivity index (χ1v) is 8.48. The molecule has 0 spiro atoms. The van der Waals surface area contributed by atoms with E-state index in [4.69, 9.17) is 4.74 Å². The Hall–Kier alpha value is -1.72. The SMILES string of the molecule is Cc1ccccc1-c1nc(CCC(=O)N2CCOCC2)cs1. The van der Waals surface area contributed by atoms with Gasteiger partial charge in [-0.3, -0.25) is 4.79 Å². The highest BCUT2D eigenvalue weighted by Gasteiger charge is 2.17. The molecule has 1 aromatic heterocycles. The van der Waals surface area contributed by atoms with Crippen molar-refractivity contribution in [3.8, 4) is 10.6 Å². The number of carbonyl (C=O) groups is 1. The number of hydrogen-bond acceptors (Lipinski definition) is 4. The molecule has 22 heavy (non-hydrogen) atoms. The zero-order chi connectivity index (χ0) is 15.4. The summed E-state index contributed by atoms with van der Waals surface area (Å²) < 4.78 is 5.27. The van der Waals surface area contributed by atoms with Gasteiger partial charge in [-0.1, -0.05) is 24.3 Å². The van der Waals surface area contributed by atoms with Gasteiger partial charge >= 0.3 is 0 Å². The summed E-state index contributed by atoms with van der Waals surface area (Å²) in [6, 6.07) is 8.26. The Morgan fingerprint density at radius 1 is 1.32 bits per heavy atom. The smallest absolute Gasteiger partial charge is 0.223 e. The zero-order valence-electron chi connectivity index (χ0n) is 12.7. The van der Waals surface area contributed by atoms with Gasteiger partial charge in [0.25, 0.3) is 0 Å². The Labute approximate surface area is 134 Å². The number of amides is 1. The van der Waals surface area contributed by atoms with Crippen molar-refractivity contribution in [2.45, 2.75) is 19.8 Å². The lowest BCUT2D eigenvalue weighted by Crippen LogP contribution is -2.40. The van der Waals surface area contributed by atoms with Crippen LogP contribution in [0, 0.1) is 6.92 Å². The molecule has 0 N–H and O–H groups in total. The van der Waals surface area contributed by atoms with Crippen LogP contribution < -0.4 is 0 Å². The average Bonchev–Trinajstić information content (AvgIpc) is 3.02. The summed E-state index contributed by atoms with van der Waals surface area (Å²) in [5, 5.41) is 3.10. The molecule has 0 atom stereocenters. The fourth-order valence-electron chi connectivity index (χ4n) is 2.56. The first kappa shape index (κ1) is 15.2. The number of aryl methyl sites for hydroxylation is 2. The number of nitrogens with zero attached hydrogens (tertiary/aromatic N) is 2. The molecule has 0 bridgehead atoms. The van der Waals surface area contributed by atoms with E-state index in [2.05, 4.69) is 29.4 Å². The van der Waals surface area contributed by atoms with Gasteiger partial charge in [-0.05, 0) is 18.9 Å². The summed E-state index contributed by atoms with van der Waals surface area (Å²) in [5.41, 5.74) is 3.41. The van der Waals surface area contributed by atoms with Crippen molar-refractivity contribution in [3.05, 3.63) is 40.9 Å². The molecule has 1 aliphatic rings. The number of benzene rings is 1. The minimum absolute atomic E-state index is 0.203. The molecule has 1 aliphatic heterocycles. The number of aromatic nitrogens is 1. The second-order valence-electron chi connectivity index (χ2n) is 5.45. The summed E-state index contributed by atoms with van der Waals surface area (Å²) >= 11 is 1.65. The summed E-state index contributed by atoms with van der Waals surface area (Å²) in [6.07, 6.45) is 1.23. The minimum Gasteiger partial charge on any atom is -0.378 e. The van der Waals surface area contributed by atoms with Crippen molar-refractivity contribution in [1.29, 1.82) is 0 Å². The van der Waals surface area contributed by atoms with E-state index in [1.807, 2.05) is 17.0 Å². The molecule has 1 amide bonds. The lowest BCUT2D eigenvalue weighted by atomic mass is 10.1. The molecule has 0 unspecified atom stereocenters. The van der Waals surface area contributed by atoms with E-state index in [9.17, 15) is 4.79 Å². The maximum atomic E-state index is 12.1. The Balaban J connectivity index is 1.60. The van der Waals surface area contributed by atoms with Crippen LogP contribution in [0.1, 0.15) is 17.7 Å². The Bertz CT molecular complexity index is 648. The predicted molar refractivity (Wildman–Crippen MR) is 88.0 cm³/mol. The van der Waals surface area contributed by atoms with Gasteiger partial charge < -0.3 is 9.64 Å². The largest absolute Gasteiger partial charge is 0.378 e. The van der Waals surface area contributed by atoms with Gasteiger partial charge in [0.2, 0.25) is 5.91 Å². The Kier molecular flexibility index (Phi) is 4.85. The molecular weight excluding hydrogens is 296 g/mol. The molecule has 5 heteroatoms. The van der Waals surface area contributed by atoms with E-state index >= 15 is 0 Å². The van der Waals surface area contributed by atoms with Crippen LogP contribution in [0.15, 0.2) is 29.6 Å². The number of hydrogen-bond donors (Lipinski definition) is 0. The van der Waals surface area contributed by atoms with E-state index in [0.717, 1.165) is 10.7 Å². The molecule has 1 fully saturated rings. The average molecular weight is 316 g/mol. The molecule has 3 rings (SSSR count). The van der Waals surface area contributed by atoms with Gasteiger partial charge in [-0.25, -0.2) is 4.98 Å². The van der Waals surface area contributed by atoms with Gasteiger partial charge in [-0.2, -0.15) is 0 Å². The van der Waals surface area contributed by atoms with Crippen molar-refractivity contribution in [1.82, 2.24) is 9.88 Å². The van der Waals surface area contributed by atoms with Gasteiger partial charge in [0.15, 0.2) is 0 Å². The normalized spacial score (nSPS) is 15.0. The maximum Gasteiger partial charge on any atom is 0.223 e. The lowest BCUT2D eigenvalue weighted by molar-refractivity contribution is -0.135. The summed E-state index contributed by atoms with van der Waals surface area (Å²) in [4.78, 5) is 18.7. The fourth-order valence-corrected chi connectivity index (χ4v) is 3.51. The maximum absolute atomic E-state index is 12.1. The van der Waals surface area contributed by atoms with Crippen LogP contribution in [0.4, 0.5) is 0 Å². The number of ether oxygens (including phenoxy) is 1. The fraction of sp³-hybridized carbons (Fsp3) is 0.412. The third-order valence-corrected chi connectivity index (χ3v) is 4.81. The van der Waals surface area contributed by atoms with Gasteiger partial charge in [0.1, 0.15) is 5.01 Å². The van der Waals surface area contributed by atoms with Crippen LogP contribution in [0.25, 0.3) is 10.6 Å². The molecule has 1 saturated heterocycles. The molecule has 4 nitrogen and oxygen atoms in total. The van der Waals surface area contributed by atoms with E-state index in [-0.39, 0.29) is 5.91 Å². The van der Waals surface area contributed by atoms with E-state index in [0.29, 0.717) is 39.1 Å². The minimum atomic E-state index is 0.203. The number of rotatable bonds is 4. The Morgan fingerprint density at radius 2 is 2.09 bits per heavy atom. The highest BCUT2D eigenvalue weighted by atomic mass is 32.1. The second-order valence-corrected chi connectivity index (χ2v) is 6.31. The molecule has 2 heterocycles. The lowest BCUT2D eigenvalue weighted by Gasteiger charge is -2.26. The second kappa shape index (κ2) is 7.03. The first-order chi connectivity index (χ1) is 10.7. The highest BCUT2D eigenvalue weighted by Crippen LogP contribution is 2.26. The Morgan fingerprint density at radius 3 is 2.86 bits per heavy atom. The van der Waals surface area contributed by atoms with Crippen molar-refractivity contribution < 1.29 is 9.53 Å². The van der Waals surface area contributed by atoms with Crippen LogP contribution in [0.3, 0.4) is 0 Å². The zero-order valence-corrected chi connectivity index (χ0v) is 13.6. The van der Waals surface area contributed by atoms with Crippen LogP contribution in [-0.2, 0) is 16.0 Å². The topological polar surface area (TPSA) is 42.4 Å². The van der Waals surface area contributed by atoms with Gasteiger partial charge in [0, 0.05) is 30.5 Å². The monoisotopic (exact) mass is 316 g/mol. The third-order valence-electron chi connectivity index (χ3n) is 3.89. The van der Waals surface area contributed by atoms with E-state index in [1.165, 1.54) is 11.1 Å². The van der Waals surface area contributed by atoms with Crippen LogP contribution in [0.2, 0.25) is 0 Å². The van der Waals surface area contributed by atoms with Crippen LogP contribution in [0.5, 0.6) is 0 Å². The van der Waals surface area contributed by atoms with Gasteiger partial charge in [-0.15, -0.1) is 11.3 Å². The molecule has 116 valence electrons. The van der Waals surface area contributed by atoms with Crippen LogP contribution in [-0.4, -0.2) is 42.1 Å². The standard InChI is InChI=1S/C17H20N2O2S/c1-13-4-2-3-5-15(13)17-18-14(12-22-17)6-7-16(20)19-8-10-21-11-9-19/h2-5,12H,6-11H2,1H3. The van der Waals surface area contributed by atoms with E-state index in [1.54, 1.807) is 11.3 Å². The highest BCUT2D eigenvalue weighted by molar-refractivity contribution is 7.13. The van der Waals surface area contributed by atoms with Crippen molar-refractivity contribution >= 4 is 17.2 Å². The molecular formula is C17H20N2O2S. The number of carbonyl (C=O) groups excluding carboxylic acids is 1. The molecule has 0 radical (unpaired) electrons. The van der Waals surface area contributed by atoms with Gasteiger partial charge in [0.05, 0.1) is 18.9 Å². The quantitative estimate of drug-likeness (QED) is 0.871. The first-order valence-electron chi connectivity index (χ1n) is 7.60. The van der Waals surface area contributed by atoms with Crippen molar-refractivity contribution in [2.75, 3.05) is 26.3 Å². The molecule has 0 aliphatic carbocycles. The molecule has 0 saturated carbocycles. The predicted octanol–water partition coefficient (Wildman–Crippen LogP) is 2.91. The summed E-state index contributed by atoms with van der Waals surface area (Å²) in [7, 11) is 0. The molecule has 2 aromatic rings. The van der Waals surface area contributed by atoms with Crippen LogP contribution >= 0.6 is 11.3 Å². The van der Waals surface area contributed by atoms with Crippen molar-refractivity contribution in [2.24, 2.45) is 0 Å². The third kappa shape index (κ3) is 3.54. The van der Waals surface area contributed by atoms with Crippen molar-refractivity contribution in [3.63, 3.8) is 0 Å². The number of morpholine rings is 1. The summed E-state index contributed by atoms with van der Waals surface area (Å²) in [6.45, 7) is 4.83. The number of thiazole rings is 1. The summed E-state index contributed by atoms with van der Waals surface area (Å²) in [5.74, 6) is 0.203.